The van der Waals surface area contributed by atoms with Gasteiger partial charge in [0.2, 0.25) is 0 Å². The summed E-state index contributed by atoms with van der Waals surface area (Å²) in [5.74, 6) is 0.772. The number of aliphatic hydroxyl groups is 1. The summed E-state index contributed by atoms with van der Waals surface area (Å²) in [6, 6.07) is 10.6. The molecule has 0 amide bonds. The zero-order chi connectivity index (χ0) is 15.8. The Hall–Kier alpha value is -1.41. The minimum absolute atomic E-state index is 0.0947. The Balaban J connectivity index is 1.85. The van der Waals surface area contributed by atoms with Crippen LogP contribution in [0.15, 0.2) is 42.0 Å². The van der Waals surface area contributed by atoms with Crippen LogP contribution < -0.4 is 0 Å². The topological polar surface area (TPSA) is 37.3 Å². The number of aldehydes is 1. The second-order valence-corrected chi connectivity index (χ2v) is 7.47. The molecular weight excluding hydrogens is 272 g/mol. The smallest absolute Gasteiger partial charge is 0.145 e. The molecule has 0 bridgehead atoms. The van der Waals surface area contributed by atoms with Crippen molar-refractivity contribution in [1.29, 1.82) is 0 Å². The van der Waals surface area contributed by atoms with Gasteiger partial charge < -0.3 is 5.11 Å². The van der Waals surface area contributed by atoms with E-state index in [1.54, 1.807) is 0 Å². The standard InChI is InChI=1S/C20H26O2/c1-15(14-21)12-18-9-11-20(22)13-17(8-10-19(18,20)2)16-6-4-3-5-7-16/h3-7,12,14,17-18,22H,8-11,13H2,1-2H3/t17-,18+,19+,20-/m0/s1. The monoisotopic (exact) mass is 298 g/mol. The number of rotatable bonds is 3. The molecule has 1 aromatic rings. The van der Waals surface area contributed by atoms with Gasteiger partial charge in [0, 0.05) is 5.41 Å². The average molecular weight is 298 g/mol. The maximum Gasteiger partial charge on any atom is 0.145 e. The molecule has 0 aliphatic heterocycles. The number of hydrogen-bond acceptors (Lipinski definition) is 2. The second-order valence-electron chi connectivity index (χ2n) is 7.47. The lowest BCUT2D eigenvalue weighted by molar-refractivity contribution is -0.105. The third-order valence-corrected chi connectivity index (χ3v) is 6.27. The van der Waals surface area contributed by atoms with E-state index in [2.05, 4.69) is 37.3 Å². The van der Waals surface area contributed by atoms with Crippen molar-refractivity contribution >= 4 is 6.29 Å². The van der Waals surface area contributed by atoms with E-state index in [-0.39, 0.29) is 5.41 Å². The van der Waals surface area contributed by atoms with E-state index >= 15 is 0 Å². The summed E-state index contributed by atoms with van der Waals surface area (Å²) in [6.07, 6.45) is 7.84. The first-order valence-corrected chi connectivity index (χ1v) is 8.39. The van der Waals surface area contributed by atoms with Gasteiger partial charge in [0.15, 0.2) is 0 Å². The SMILES string of the molecule is CC(C=O)=C[C@H]1CC[C@]2(O)C[C@@H](c3ccccc3)CC[C@]12C. The van der Waals surface area contributed by atoms with Crippen LogP contribution in [0.5, 0.6) is 0 Å². The van der Waals surface area contributed by atoms with E-state index in [0.717, 1.165) is 44.0 Å². The molecule has 2 aliphatic carbocycles. The summed E-state index contributed by atoms with van der Waals surface area (Å²) in [5.41, 5.74) is 1.44. The highest BCUT2D eigenvalue weighted by Crippen LogP contribution is 2.61. The molecule has 22 heavy (non-hydrogen) atoms. The quantitative estimate of drug-likeness (QED) is 0.669. The van der Waals surface area contributed by atoms with Gasteiger partial charge in [-0.05, 0) is 62.0 Å². The largest absolute Gasteiger partial charge is 0.389 e. The Bertz CT molecular complexity index is 577. The van der Waals surface area contributed by atoms with E-state index in [4.69, 9.17) is 0 Å². The lowest BCUT2D eigenvalue weighted by Crippen LogP contribution is -2.49. The van der Waals surface area contributed by atoms with Crippen molar-refractivity contribution in [3.63, 3.8) is 0 Å². The van der Waals surface area contributed by atoms with E-state index < -0.39 is 5.60 Å². The predicted octanol–water partition coefficient (Wildman–Crippen LogP) is 4.25. The minimum Gasteiger partial charge on any atom is -0.389 e. The van der Waals surface area contributed by atoms with Crippen molar-refractivity contribution in [2.75, 3.05) is 0 Å². The second kappa shape index (κ2) is 5.66. The molecule has 0 spiro atoms. The highest BCUT2D eigenvalue weighted by atomic mass is 16.3. The highest BCUT2D eigenvalue weighted by molar-refractivity contribution is 5.72. The maximum absolute atomic E-state index is 11.3. The van der Waals surface area contributed by atoms with Crippen LogP contribution in [0.4, 0.5) is 0 Å². The number of carbonyl (C=O) groups is 1. The Morgan fingerprint density at radius 1 is 1.23 bits per heavy atom. The Morgan fingerprint density at radius 3 is 2.64 bits per heavy atom. The number of carbonyl (C=O) groups excluding carboxylic acids is 1. The molecule has 3 rings (SSSR count). The normalized spacial score (nSPS) is 38.6. The average Bonchev–Trinajstić information content (AvgIpc) is 2.79. The number of fused-ring (bicyclic) bond motifs is 1. The van der Waals surface area contributed by atoms with Crippen molar-refractivity contribution in [2.45, 2.75) is 57.5 Å². The van der Waals surface area contributed by atoms with E-state index in [0.29, 0.717) is 11.8 Å². The van der Waals surface area contributed by atoms with Crippen molar-refractivity contribution in [1.82, 2.24) is 0 Å². The number of allylic oxidation sites excluding steroid dienone is 2. The van der Waals surface area contributed by atoms with Crippen LogP contribution in [0.25, 0.3) is 0 Å². The van der Waals surface area contributed by atoms with Crippen LogP contribution in [-0.4, -0.2) is 17.0 Å². The summed E-state index contributed by atoms with van der Waals surface area (Å²) in [5, 5.41) is 11.3. The zero-order valence-corrected chi connectivity index (χ0v) is 13.6. The van der Waals surface area contributed by atoms with Crippen LogP contribution in [0, 0.1) is 11.3 Å². The first-order valence-electron chi connectivity index (χ1n) is 8.39. The van der Waals surface area contributed by atoms with Gasteiger partial charge in [-0.2, -0.15) is 0 Å². The summed E-state index contributed by atoms with van der Waals surface area (Å²) in [7, 11) is 0. The first-order chi connectivity index (χ1) is 10.5. The van der Waals surface area contributed by atoms with Gasteiger partial charge in [-0.3, -0.25) is 4.79 Å². The summed E-state index contributed by atoms with van der Waals surface area (Å²) in [4.78, 5) is 10.9. The van der Waals surface area contributed by atoms with E-state index in [1.165, 1.54) is 5.56 Å². The molecule has 4 atom stereocenters. The fourth-order valence-electron chi connectivity index (χ4n) is 4.71. The number of benzene rings is 1. The molecule has 2 heteroatoms. The molecule has 1 aromatic carbocycles. The minimum atomic E-state index is -0.601. The third-order valence-electron chi connectivity index (χ3n) is 6.27. The van der Waals surface area contributed by atoms with E-state index in [9.17, 15) is 9.90 Å². The molecule has 2 aliphatic rings. The van der Waals surface area contributed by atoms with Gasteiger partial charge in [0.1, 0.15) is 6.29 Å². The summed E-state index contributed by atoms with van der Waals surface area (Å²) in [6.45, 7) is 4.09. The lowest BCUT2D eigenvalue weighted by atomic mass is 9.59. The van der Waals surface area contributed by atoms with Gasteiger partial charge in [-0.25, -0.2) is 0 Å². The lowest BCUT2D eigenvalue weighted by Gasteiger charge is -2.49. The van der Waals surface area contributed by atoms with Crippen molar-refractivity contribution < 1.29 is 9.90 Å². The first kappa shape index (κ1) is 15.5. The molecule has 0 heterocycles. The van der Waals surface area contributed by atoms with Crippen molar-refractivity contribution in [3.05, 3.63) is 47.5 Å². The molecular formula is C20H26O2. The molecule has 0 radical (unpaired) electrons. The van der Waals surface area contributed by atoms with E-state index in [1.807, 2.05) is 13.0 Å². The van der Waals surface area contributed by atoms with Crippen LogP contribution in [0.1, 0.15) is 57.4 Å². The molecule has 2 saturated carbocycles. The van der Waals surface area contributed by atoms with Crippen molar-refractivity contribution in [3.8, 4) is 0 Å². The fourth-order valence-corrected chi connectivity index (χ4v) is 4.71. The Kier molecular flexibility index (Phi) is 3.98. The van der Waals surface area contributed by atoms with Crippen LogP contribution in [-0.2, 0) is 4.79 Å². The van der Waals surface area contributed by atoms with Crippen LogP contribution in [0.2, 0.25) is 0 Å². The molecule has 2 nitrogen and oxygen atoms in total. The van der Waals surface area contributed by atoms with Gasteiger partial charge in [0.05, 0.1) is 5.60 Å². The fraction of sp³-hybridized carbons (Fsp3) is 0.550. The van der Waals surface area contributed by atoms with Crippen LogP contribution >= 0.6 is 0 Å². The van der Waals surface area contributed by atoms with Gasteiger partial charge in [-0.15, -0.1) is 0 Å². The highest BCUT2D eigenvalue weighted by Gasteiger charge is 2.58. The molecule has 118 valence electrons. The Morgan fingerprint density at radius 2 is 1.95 bits per heavy atom. The molecule has 0 saturated heterocycles. The summed E-state index contributed by atoms with van der Waals surface area (Å²) < 4.78 is 0. The number of hydrogen-bond donors (Lipinski definition) is 1. The molecule has 0 unspecified atom stereocenters. The molecule has 1 N–H and O–H groups in total. The van der Waals surface area contributed by atoms with Gasteiger partial charge >= 0.3 is 0 Å². The van der Waals surface area contributed by atoms with Crippen molar-refractivity contribution in [2.24, 2.45) is 11.3 Å². The summed E-state index contributed by atoms with van der Waals surface area (Å²) >= 11 is 0. The molecule has 0 aromatic heterocycles. The van der Waals surface area contributed by atoms with Gasteiger partial charge in [-0.1, -0.05) is 43.3 Å². The Labute approximate surface area is 133 Å². The third kappa shape index (κ3) is 2.44. The van der Waals surface area contributed by atoms with Crippen LogP contribution in [0.3, 0.4) is 0 Å². The maximum atomic E-state index is 11.3. The van der Waals surface area contributed by atoms with Gasteiger partial charge in [0.25, 0.3) is 0 Å². The molecule has 2 fully saturated rings. The predicted molar refractivity (Wildman–Crippen MR) is 88.6 cm³/mol. The zero-order valence-electron chi connectivity index (χ0n) is 13.6.